The summed E-state index contributed by atoms with van der Waals surface area (Å²) >= 11 is 2.44. The van der Waals surface area contributed by atoms with Crippen LogP contribution in [0.2, 0.25) is 0 Å². The molecule has 72 valence electrons. The predicted octanol–water partition coefficient (Wildman–Crippen LogP) is 3.24. The summed E-state index contributed by atoms with van der Waals surface area (Å²) in [5, 5.41) is 0. The van der Waals surface area contributed by atoms with Crippen molar-refractivity contribution in [2.75, 3.05) is 6.54 Å². The second-order valence-corrected chi connectivity index (χ2v) is 5.25. The number of halogens is 1. The van der Waals surface area contributed by atoms with Crippen LogP contribution >= 0.6 is 22.6 Å². The summed E-state index contributed by atoms with van der Waals surface area (Å²) in [6.45, 7) is 5.11. The SMILES string of the molecule is CC(I)c1ccccc1C(C)CN. The summed E-state index contributed by atoms with van der Waals surface area (Å²) in [6, 6.07) is 8.56. The minimum absolute atomic E-state index is 0.466. The van der Waals surface area contributed by atoms with E-state index in [4.69, 9.17) is 5.73 Å². The van der Waals surface area contributed by atoms with Gasteiger partial charge in [-0.05, 0) is 30.5 Å². The van der Waals surface area contributed by atoms with E-state index in [1.165, 1.54) is 11.1 Å². The molecule has 0 saturated heterocycles. The Hall–Kier alpha value is -0.0900. The normalized spacial score (nSPS) is 15.4. The van der Waals surface area contributed by atoms with Crippen molar-refractivity contribution in [3.63, 3.8) is 0 Å². The van der Waals surface area contributed by atoms with Gasteiger partial charge in [-0.25, -0.2) is 0 Å². The molecule has 0 spiro atoms. The van der Waals surface area contributed by atoms with Crippen LogP contribution in [0.4, 0.5) is 0 Å². The summed E-state index contributed by atoms with van der Waals surface area (Å²) in [4.78, 5) is 0. The first kappa shape index (κ1) is 11.0. The van der Waals surface area contributed by atoms with E-state index in [1.54, 1.807) is 0 Å². The monoisotopic (exact) mass is 289 g/mol. The molecule has 0 aliphatic carbocycles. The summed E-state index contributed by atoms with van der Waals surface area (Å²) in [5.41, 5.74) is 8.48. The summed E-state index contributed by atoms with van der Waals surface area (Å²) in [6.07, 6.45) is 0. The lowest BCUT2D eigenvalue weighted by Crippen LogP contribution is -2.11. The van der Waals surface area contributed by atoms with Crippen molar-refractivity contribution in [1.29, 1.82) is 0 Å². The predicted molar refractivity (Wildman–Crippen MR) is 66.3 cm³/mol. The fourth-order valence-corrected chi connectivity index (χ4v) is 2.02. The van der Waals surface area contributed by atoms with E-state index in [-0.39, 0.29) is 0 Å². The number of benzene rings is 1. The molecule has 0 radical (unpaired) electrons. The van der Waals surface area contributed by atoms with Crippen LogP contribution in [0.5, 0.6) is 0 Å². The van der Waals surface area contributed by atoms with Crippen LogP contribution in [-0.4, -0.2) is 6.54 Å². The molecule has 0 aliphatic rings. The van der Waals surface area contributed by atoms with Gasteiger partial charge in [0.2, 0.25) is 0 Å². The minimum atomic E-state index is 0.466. The molecule has 2 N–H and O–H groups in total. The average Bonchev–Trinajstić information content (AvgIpc) is 2.16. The number of hydrogen-bond acceptors (Lipinski definition) is 1. The third-order valence-corrected chi connectivity index (χ3v) is 2.98. The standard InChI is InChI=1S/C11H16IN/c1-8(7-13)10-5-3-4-6-11(10)9(2)12/h3-6,8-9H,7,13H2,1-2H3. The van der Waals surface area contributed by atoms with Gasteiger partial charge in [0.25, 0.3) is 0 Å². The van der Waals surface area contributed by atoms with Crippen LogP contribution in [0.3, 0.4) is 0 Å². The zero-order chi connectivity index (χ0) is 9.84. The van der Waals surface area contributed by atoms with Crippen LogP contribution in [0.1, 0.15) is 34.8 Å². The second-order valence-electron chi connectivity index (χ2n) is 3.38. The maximum absolute atomic E-state index is 5.67. The summed E-state index contributed by atoms with van der Waals surface area (Å²) in [7, 11) is 0. The van der Waals surface area contributed by atoms with Crippen molar-refractivity contribution in [1.82, 2.24) is 0 Å². The molecule has 1 aromatic rings. The van der Waals surface area contributed by atoms with Crippen LogP contribution in [0.25, 0.3) is 0 Å². The molecule has 0 aliphatic heterocycles. The molecule has 0 saturated carbocycles. The van der Waals surface area contributed by atoms with E-state index in [1.807, 2.05) is 0 Å². The van der Waals surface area contributed by atoms with Gasteiger partial charge in [0.05, 0.1) is 0 Å². The van der Waals surface area contributed by atoms with E-state index >= 15 is 0 Å². The highest BCUT2D eigenvalue weighted by Gasteiger charge is 2.11. The van der Waals surface area contributed by atoms with Crippen molar-refractivity contribution in [3.8, 4) is 0 Å². The largest absolute Gasteiger partial charge is 0.330 e. The average molecular weight is 289 g/mol. The first-order chi connectivity index (χ1) is 6.16. The zero-order valence-electron chi connectivity index (χ0n) is 8.13. The molecule has 2 heteroatoms. The highest BCUT2D eigenvalue weighted by Crippen LogP contribution is 2.29. The molecular weight excluding hydrogens is 273 g/mol. The molecule has 0 fully saturated rings. The fourth-order valence-electron chi connectivity index (χ4n) is 1.45. The van der Waals surface area contributed by atoms with Crippen molar-refractivity contribution in [3.05, 3.63) is 35.4 Å². The lowest BCUT2D eigenvalue weighted by Gasteiger charge is -2.16. The Morgan fingerprint density at radius 2 is 1.77 bits per heavy atom. The molecule has 13 heavy (non-hydrogen) atoms. The lowest BCUT2D eigenvalue weighted by atomic mass is 9.94. The molecule has 0 amide bonds. The zero-order valence-corrected chi connectivity index (χ0v) is 10.3. The molecule has 0 aromatic heterocycles. The van der Waals surface area contributed by atoms with Crippen molar-refractivity contribution in [2.45, 2.75) is 23.7 Å². The first-order valence-corrected chi connectivity index (χ1v) is 5.84. The van der Waals surface area contributed by atoms with E-state index in [9.17, 15) is 0 Å². The number of hydrogen-bond donors (Lipinski definition) is 1. The van der Waals surface area contributed by atoms with Gasteiger partial charge in [-0.1, -0.05) is 53.8 Å². The van der Waals surface area contributed by atoms with Crippen LogP contribution in [0.15, 0.2) is 24.3 Å². The maximum Gasteiger partial charge on any atom is 0.0334 e. The van der Waals surface area contributed by atoms with Gasteiger partial charge in [-0.2, -0.15) is 0 Å². The van der Waals surface area contributed by atoms with Crippen molar-refractivity contribution >= 4 is 22.6 Å². The van der Waals surface area contributed by atoms with Crippen molar-refractivity contribution in [2.24, 2.45) is 5.73 Å². The Morgan fingerprint density at radius 1 is 1.23 bits per heavy atom. The van der Waals surface area contributed by atoms with Crippen molar-refractivity contribution < 1.29 is 0 Å². The smallest absolute Gasteiger partial charge is 0.0334 e. The Bertz CT molecular complexity index is 271. The summed E-state index contributed by atoms with van der Waals surface area (Å²) in [5.74, 6) is 0.466. The van der Waals surface area contributed by atoms with Gasteiger partial charge < -0.3 is 5.73 Å². The molecular formula is C11H16IN. The van der Waals surface area contributed by atoms with Gasteiger partial charge in [0.15, 0.2) is 0 Å². The molecule has 2 unspecified atom stereocenters. The molecule has 1 nitrogen and oxygen atoms in total. The van der Waals surface area contributed by atoms with Gasteiger partial charge in [0.1, 0.15) is 0 Å². The van der Waals surface area contributed by atoms with Crippen LogP contribution in [0, 0.1) is 0 Å². The number of rotatable bonds is 3. The Labute approximate surface area is 93.9 Å². The Morgan fingerprint density at radius 3 is 2.23 bits per heavy atom. The van der Waals surface area contributed by atoms with E-state index < -0.39 is 0 Å². The third-order valence-electron chi connectivity index (χ3n) is 2.31. The van der Waals surface area contributed by atoms with E-state index in [0.29, 0.717) is 9.84 Å². The lowest BCUT2D eigenvalue weighted by molar-refractivity contribution is 0.762. The summed E-state index contributed by atoms with van der Waals surface area (Å²) < 4.78 is 0.558. The van der Waals surface area contributed by atoms with E-state index in [2.05, 4.69) is 60.7 Å². The Kier molecular flexibility index (Phi) is 4.19. The molecule has 0 bridgehead atoms. The second kappa shape index (κ2) is 4.96. The van der Waals surface area contributed by atoms with E-state index in [0.717, 1.165) is 6.54 Å². The van der Waals surface area contributed by atoms with Gasteiger partial charge >= 0.3 is 0 Å². The number of nitrogens with two attached hydrogens (primary N) is 1. The third kappa shape index (κ3) is 2.68. The fraction of sp³-hybridized carbons (Fsp3) is 0.455. The molecule has 0 heterocycles. The van der Waals surface area contributed by atoms with Crippen LogP contribution < -0.4 is 5.73 Å². The van der Waals surface area contributed by atoms with Gasteiger partial charge in [0, 0.05) is 3.92 Å². The Balaban J connectivity index is 3.04. The van der Waals surface area contributed by atoms with Gasteiger partial charge in [-0.15, -0.1) is 0 Å². The maximum atomic E-state index is 5.67. The number of alkyl halides is 1. The molecule has 1 rings (SSSR count). The van der Waals surface area contributed by atoms with Gasteiger partial charge in [-0.3, -0.25) is 0 Å². The van der Waals surface area contributed by atoms with Crippen LogP contribution in [-0.2, 0) is 0 Å². The highest BCUT2D eigenvalue weighted by molar-refractivity contribution is 14.1. The minimum Gasteiger partial charge on any atom is -0.330 e. The quantitative estimate of drug-likeness (QED) is 0.671. The first-order valence-electron chi connectivity index (χ1n) is 4.59. The molecule has 1 aromatic carbocycles. The highest BCUT2D eigenvalue weighted by atomic mass is 127. The topological polar surface area (TPSA) is 26.0 Å². The molecule has 2 atom stereocenters.